The van der Waals surface area contributed by atoms with Crippen molar-refractivity contribution in [2.75, 3.05) is 7.05 Å². The monoisotopic (exact) mass is 198 g/mol. The molecule has 1 rings (SSSR count). The number of nitrogens with one attached hydrogen (secondary N) is 1. The van der Waals surface area contributed by atoms with Crippen LogP contribution in [0, 0.1) is 0 Å². The summed E-state index contributed by atoms with van der Waals surface area (Å²) in [4.78, 5) is 21.6. The molecular formula is C7H10N4O3. The molecule has 1 atom stereocenters. The van der Waals surface area contributed by atoms with Crippen molar-refractivity contribution in [2.45, 2.75) is 13.0 Å². The van der Waals surface area contributed by atoms with Gasteiger partial charge in [-0.15, -0.1) is 5.10 Å². The maximum atomic E-state index is 11.1. The molecule has 0 aliphatic heterocycles. The summed E-state index contributed by atoms with van der Waals surface area (Å²) in [6, 6.07) is -0.569. The van der Waals surface area contributed by atoms with Gasteiger partial charge >= 0.3 is 5.97 Å². The first-order valence-corrected chi connectivity index (χ1v) is 3.93. The first-order valence-electron chi connectivity index (χ1n) is 3.93. The predicted octanol–water partition coefficient (Wildman–Crippen LogP) is -0.717. The molecule has 76 valence electrons. The van der Waals surface area contributed by atoms with Crippen LogP contribution in [0.4, 0.5) is 0 Å². The fraction of sp³-hybridized carbons (Fsp3) is 0.429. The van der Waals surface area contributed by atoms with Crippen molar-refractivity contribution in [1.29, 1.82) is 0 Å². The van der Waals surface area contributed by atoms with Crippen LogP contribution in [0.15, 0.2) is 6.20 Å². The van der Waals surface area contributed by atoms with E-state index in [9.17, 15) is 9.59 Å². The average molecular weight is 198 g/mol. The first kappa shape index (κ1) is 10.2. The largest absolute Gasteiger partial charge is 0.476 e. The second-order valence-electron chi connectivity index (χ2n) is 2.68. The lowest BCUT2D eigenvalue weighted by atomic mass is 10.3. The average Bonchev–Trinajstić information content (AvgIpc) is 2.64. The molecule has 0 aromatic carbocycles. The number of carboxylic acids is 1. The van der Waals surface area contributed by atoms with E-state index in [0.717, 1.165) is 0 Å². The van der Waals surface area contributed by atoms with Crippen molar-refractivity contribution < 1.29 is 14.7 Å². The number of amides is 1. The number of rotatable bonds is 3. The Balaban J connectivity index is 2.86. The lowest BCUT2D eigenvalue weighted by Crippen LogP contribution is -2.28. The third-order valence-corrected chi connectivity index (χ3v) is 1.75. The minimum Gasteiger partial charge on any atom is -0.476 e. The second-order valence-corrected chi connectivity index (χ2v) is 2.68. The molecule has 1 amide bonds. The topological polar surface area (TPSA) is 97.1 Å². The lowest BCUT2D eigenvalue weighted by molar-refractivity contribution is -0.123. The number of aromatic nitrogens is 3. The zero-order valence-corrected chi connectivity index (χ0v) is 7.76. The van der Waals surface area contributed by atoms with Crippen molar-refractivity contribution in [3.8, 4) is 0 Å². The Labute approximate surface area is 79.7 Å². The molecule has 14 heavy (non-hydrogen) atoms. The van der Waals surface area contributed by atoms with Gasteiger partial charge in [0, 0.05) is 7.05 Å². The van der Waals surface area contributed by atoms with E-state index in [2.05, 4.69) is 15.6 Å². The summed E-state index contributed by atoms with van der Waals surface area (Å²) in [6.07, 6.45) is 1.21. The van der Waals surface area contributed by atoms with E-state index in [4.69, 9.17) is 5.11 Å². The van der Waals surface area contributed by atoms with Crippen LogP contribution >= 0.6 is 0 Å². The van der Waals surface area contributed by atoms with Gasteiger partial charge in [0.1, 0.15) is 6.04 Å². The standard InChI is InChI=1S/C7H10N4O3/c1-4(6(12)8-2)11-3-5(7(13)14)9-10-11/h3-4H,1-2H3,(H,8,12)(H,13,14). The van der Waals surface area contributed by atoms with Gasteiger partial charge in [0.25, 0.3) is 0 Å². The molecule has 0 fully saturated rings. The Kier molecular flexibility index (Phi) is 2.80. The number of carboxylic acid groups (broad SMARTS) is 1. The second kappa shape index (κ2) is 3.86. The molecule has 1 aromatic heterocycles. The SMILES string of the molecule is CNC(=O)C(C)n1cc(C(=O)O)nn1. The van der Waals surface area contributed by atoms with Crippen LogP contribution in [-0.2, 0) is 4.79 Å². The molecule has 0 saturated carbocycles. The van der Waals surface area contributed by atoms with Gasteiger partial charge in [-0.2, -0.15) is 0 Å². The summed E-state index contributed by atoms with van der Waals surface area (Å²) in [5.74, 6) is -1.42. The number of carbonyl (C=O) groups is 2. The highest BCUT2D eigenvalue weighted by molar-refractivity contribution is 5.85. The maximum Gasteiger partial charge on any atom is 0.358 e. The fourth-order valence-corrected chi connectivity index (χ4v) is 0.893. The third-order valence-electron chi connectivity index (χ3n) is 1.75. The number of likely N-dealkylation sites (N-methyl/N-ethyl adjacent to an activating group) is 1. The molecule has 7 nitrogen and oxygen atoms in total. The lowest BCUT2D eigenvalue weighted by Gasteiger charge is -2.08. The molecule has 0 aliphatic rings. The zero-order chi connectivity index (χ0) is 10.7. The Morgan fingerprint density at radius 2 is 2.29 bits per heavy atom. The van der Waals surface area contributed by atoms with Crippen molar-refractivity contribution in [3.63, 3.8) is 0 Å². The molecular weight excluding hydrogens is 188 g/mol. The van der Waals surface area contributed by atoms with Gasteiger partial charge in [-0.3, -0.25) is 4.79 Å². The van der Waals surface area contributed by atoms with Gasteiger partial charge in [0.2, 0.25) is 5.91 Å². The minimum absolute atomic E-state index is 0.180. The van der Waals surface area contributed by atoms with E-state index < -0.39 is 12.0 Å². The van der Waals surface area contributed by atoms with E-state index in [1.807, 2.05) is 0 Å². The molecule has 0 radical (unpaired) electrons. The van der Waals surface area contributed by atoms with Gasteiger partial charge in [-0.25, -0.2) is 9.48 Å². The molecule has 0 bridgehead atoms. The Morgan fingerprint density at radius 1 is 1.64 bits per heavy atom. The van der Waals surface area contributed by atoms with Gasteiger partial charge < -0.3 is 10.4 Å². The van der Waals surface area contributed by atoms with E-state index >= 15 is 0 Å². The summed E-state index contributed by atoms with van der Waals surface area (Å²) in [5.41, 5.74) is -0.180. The Bertz CT molecular complexity index is 360. The van der Waals surface area contributed by atoms with Crippen molar-refractivity contribution in [3.05, 3.63) is 11.9 Å². The highest BCUT2D eigenvalue weighted by Crippen LogP contribution is 2.03. The third kappa shape index (κ3) is 1.87. The summed E-state index contributed by atoms with van der Waals surface area (Å²) in [6.45, 7) is 1.60. The number of carbonyl (C=O) groups excluding carboxylic acids is 1. The number of hydrogen-bond donors (Lipinski definition) is 2. The van der Waals surface area contributed by atoms with Crippen LogP contribution in [0.2, 0.25) is 0 Å². The van der Waals surface area contributed by atoms with Crippen LogP contribution in [0.3, 0.4) is 0 Å². The van der Waals surface area contributed by atoms with E-state index in [1.54, 1.807) is 6.92 Å². The summed E-state index contributed by atoms with van der Waals surface area (Å²) in [5, 5.41) is 17.9. The van der Waals surface area contributed by atoms with Crippen LogP contribution in [0.25, 0.3) is 0 Å². The Morgan fingerprint density at radius 3 is 2.71 bits per heavy atom. The molecule has 0 spiro atoms. The van der Waals surface area contributed by atoms with Gasteiger partial charge in [-0.05, 0) is 6.92 Å². The molecule has 1 aromatic rings. The first-order chi connectivity index (χ1) is 6.56. The molecule has 1 unspecified atom stereocenters. The summed E-state index contributed by atoms with van der Waals surface area (Å²) < 4.78 is 1.20. The minimum atomic E-state index is -1.17. The van der Waals surface area contributed by atoms with E-state index in [1.165, 1.54) is 17.9 Å². The van der Waals surface area contributed by atoms with Crippen molar-refractivity contribution >= 4 is 11.9 Å². The smallest absolute Gasteiger partial charge is 0.358 e. The number of nitrogens with zero attached hydrogens (tertiary/aromatic N) is 3. The van der Waals surface area contributed by atoms with Gasteiger partial charge in [-0.1, -0.05) is 5.21 Å². The van der Waals surface area contributed by atoms with Crippen molar-refractivity contribution in [1.82, 2.24) is 20.3 Å². The summed E-state index contributed by atoms with van der Waals surface area (Å²) in [7, 11) is 1.49. The Hall–Kier alpha value is -1.92. The quantitative estimate of drug-likeness (QED) is 0.668. The molecule has 1 heterocycles. The highest BCUT2D eigenvalue weighted by atomic mass is 16.4. The van der Waals surface area contributed by atoms with Crippen LogP contribution in [0.1, 0.15) is 23.5 Å². The normalized spacial score (nSPS) is 12.1. The number of hydrogen-bond acceptors (Lipinski definition) is 4. The molecule has 0 saturated heterocycles. The van der Waals surface area contributed by atoms with Crippen LogP contribution in [0.5, 0.6) is 0 Å². The fourth-order valence-electron chi connectivity index (χ4n) is 0.893. The molecule has 0 aliphatic carbocycles. The van der Waals surface area contributed by atoms with E-state index in [-0.39, 0.29) is 11.6 Å². The maximum absolute atomic E-state index is 11.1. The zero-order valence-electron chi connectivity index (χ0n) is 7.76. The van der Waals surface area contributed by atoms with Crippen LogP contribution < -0.4 is 5.32 Å². The van der Waals surface area contributed by atoms with E-state index in [0.29, 0.717) is 0 Å². The van der Waals surface area contributed by atoms with Gasteiger partial charge in [0.05, 0.1) is 6.20 Å². The number of aromatic carboxylic acids is 1. The highest BCUT2D eigenvalue weighted by Gasteiger charge is 2.16. The van der Waals surface area contributed by atoms with Gasteiger partial charge in [0.15, 0.2) is 5.69 Å². The summed E-state index contributed by atoms with van der Waals surface area (Å²) >= 11 is 0. The molecule has 7 heteroatoms. The molecule has 2 N–H and O–H groups in total. The predicted molar refractivity (Wildman–Crippen MR) is 45.8 cm³/mol. The van der Waals surface area contributed by atoms with Crippen LogP contribution in [-0.4, -0.2) is 39.0 Å². The van der Waals surface area contributed by atoms with Crippen molar-refractivity contribution in [2.24, 2.45) is 0 Å².